The van der Waals surface area contributed by atoms with Crippen molar-refractivity contribution in [2.45, 2.75) is 37.8 Å². The Morgan fingerprint density at radius 2 is 1.62 bits per heavy atom. The van der Waals surface area contributed by atoms with Gasteiger partial charge in [-0.2, -0.15) is 4.72 Å². The third-order valence-corrected chi connectivity index (χ3v) is 8.40. The van der Waals surface area contributed by atoms with Crippen molar-refractivity contribution in [3.63, 3.8) is 0 Å². The molecule has 0 aliphatic rings. The number of nitrogens with zero attached hydrogens (tertiary/aromatic N) is 1. The molecule has 1 aromatic heterocycles. The second-order valence-corrected chi connectivity index (χ2v) is 11.2. The van der Waals surface area contributed by atoms with Gasteiger partial charge in [-0.3, -0.25) is 4.79 Å². The molecular formula is C31H31N3O4S. The van der Waals surface area contributed by atoms with Crippen LogP contribution in [0.25, 0.3) is 21.8 Å². The van der Waals surface area contributed by atoms with E-state index in [1.165, 1.54) is 19.2 Å². The van der Waals surface area contributed by atoms with E-state index >= 15 is 0 Å². The number of aromatic nitrogens is 1. The summed E-state index contributed by atoms with van der Waals surface area (Å²) in [6.45, 7) is 4.70. The Balaban J connectivity index is 1.46. The van der Waals surface area contributed by atoms with Crippen LogP contribution in [0.1, 0.15) is 18.1 Å². The number of sulfonamides is 1. The van der Waals surface area contributed by atoms with Gasteiger partial charge in [0.05, 0.1) is 12.0 Å². The van der Waals surface area contributed by atoms with Crippen molar-refractivity contribution in [3.05, 3.63) is 102 Å². The Morgan fingerprint density at radius 1 is 0.897 bits per heavy atom. The number of aryl methyl sites for hydroxylation is 2. The lowest BCUT2D eigenvalue weighted by atomic mass is 10.1. The lowest BCUT2D eigenvalue weighted by Gasteiger charge is -2.19. The lowest BCUT2D eigenvalue weighted by Crippen LogP contribution is -2.45. The number of rotatable bonds is 9. The number of para-hydroxylation sites is 1. The van der Waals surface area contributed by atoms with Gasteiger partial charge in [0.2, 0.25) is 15.9 Å². The van der Waals surface area contributed by atoms with Gasteiger partial charge in [0.25, 0.3) is 0 Å². The molecule has 0 saturated carbocycles. The van der Waals surface area contributed by atoms with Crippen molar-refractivity contribution in [1.82, 2.24) is 9.29 Å². The summed E-state index contributed by atoms with van der Waals surface area (Å²) >= 11 is 0. The molecular weight excluding hydrogens is 510 g/mol. The summed E-state index contributed by atoms with van der Waals surface area (Å²) in [5, 5.41) is 5.08. The van der Waals surface area contributed by atoms with E-state index in [9.17, 15) is 13.2 Å². The average molecular weight is 542 g/mol. The van der Waals surface area contributed by atoms with E-state index < -0.39 is 22.0 Å². The first-order valence-electron chi connectivity index (χ1n) is 12.8. The second-order valence-electron chi connectivity index (χ2n) is 9.48. The maximum absolute atomic E-state index is 13.6. The molecule has 39 heavy (non-hydrogen) atoms. The molecule has 0 radical (unpaired) electrons. The van der Waals surface area contributed by atoms with Crippen LogP contribution in [0.4, 0.5) is 5.69 Å². The monoisotopic (exact) mass is 541 g/mol. The highest BCUT2D eigenvalue weighted by Gasteiger charge is 2.27. The number of hydrogen-bond acceptors (Lipinski definition) is 4. The molecule has 0 aliphatic heterocycles. The third-order valence-electron chi connectivity index (χ3n) is 6.93. The van der Waals surface area contributed by atoms with Crippen molar-refractivity contribution >= 4 is 43.4 Å². The number of carbonyl (C=O) groups excluding carboxylic acids is 1. The molecule has 1 heterocycles. The van der Waals surface area contributed by atoms with Crippen LogP contribution in [0.2, 0.25) is 0 Å². The Morgan fingerprint density at radius 3 is 2.33 bits per heavy atom. The molecule has 5 rings (SSSR count). The maximum atomic E-state index is 13.6. The molecule has 7 nitrogen and oxygen atoms in total. The quantitative estimate of drug-likeness (QED) is 0.252. The number of benzene rings is 4. The molecule has 200 valence electrons. The van der Waals surface area contributed by atoms with Gasteiger partial charge < -0.3 is 14.6 Å². The number of amides is 1. The topological polar surface area (TPSA) is 89.4 Å². The fourth-order valence-electron chi connectivity index (χ4n) is 5.01. The fraction of sp³-hybridized carbons (Fsp3) is 0.194. The Labute approximate surface area is 228 Å². The van der Waals surface area contributed by atoms with E-state index in [1.54, 1.807) is 13.0 Å². The first-order valence-corrected chi connectivity index (χ1v) is 14.3. The van der Waals surface area contributed by atoms with Crippen LogP contribution >= 0.6 is 0 Å². The summed E-state index contributed by atoms with van der Waals surface area (Å²) in [7, 11) is -2.46. The van der Waals surface area contributed by atoms with Gasteiger partial charge in [0.15, 0.2) is 0 Å². The van der Waals surface area contributed by atoms with E-state index in [4.69, 9.17) is 4.74 Å². The first kappa shape index (κ1) is 26.5. The molecule has 0 saturated heterocycles. The first-order chi connectivity index (χ1) is 18.8. The fourth-order valence-corrected chi connectivity index (χ4v) is 6.29. The van der Waals surface area contributed by atoms with Crippen LogP contribution in [-0.4, -0.2) is 32.0 Å². The van der Waals surface area contributed by atoms with Crippen molar-refractivity contribution in [2.75, 3.05) is 12.4 Å². The van der Waals surface area contributed by atoms with E-state index in [0.29, 0.717) is 17.0 Å². The van der Waals surface area contributed by atoms with Gasteiger partial charge >= 0.3 is 0 Å². The van der Waals surface area contributed by atoms with Crippen molar-refractivity contribution in [2.24, 2.45) is 0 Å². The summed E-state index contributed by atoms with van der Waals surface area (Å²) in [4.78, 5) is 13.7. The van der Waals surface area contributed by atoms with Gasteiger partial charge in [-0.05, 0) is 73.9 Å². The number of ether oxygens (including phenoxy) is 1. The Kier molecular flexibility index (Phi) is 7.41. The zero-order chi connectivity index (χ0) is 27.6. The number of methoxy groups -OCH3 is 1. The SMILES string of the molecule is CCn1c2ccccc2c2cc(NC(=O)[C@H](Cc3ccccc3)NS(=O)(=O)c3ccc(OC)c(C)c3)ccc21. The van der Waals surface area contributed by atoms with Gasteiger partial charge in [-0.1, -0.05) is 48.5 Å². The number of anilines is 1. The summed E-state index contributed by atoms with van der Waals surface area (Å²) in [5.41, 5.74) is 4.33. The molecule has 4 aromatic carbocycles. The van der Waals surface area contributed by atoms with Crippen LogP contribution in [0.15, 0.2) is 95.9 Å². The maximum Gasteiger partial charge on any atom is 0.242 e. The smallest absolute Gasteiger partial charge is 0.242 e. The zero-order valence-corrected chi connectivity index (χ0v) is 23.0. The Hall–Kier alpha value is -4.14. The van der Waals surface area contributed by atoms with Gasteiger partial charge in [-0.15, -0.1) is 0 Å². The minimum absolute atomic E-state index is 0.0699. The van der Waals surface area contributed by atoms with E-state index in [1.807, 2.05) is 60.7 Å². The zero-order valence-electron chi connectivity index (χ0n) is 22.1. The van der Waals surface area contributed by atoms with Gasteiger partial charge in [0.1, 0.15) is 11.8 Å². The summed E-state index contributed by atoms with van der Waals surface area (Å²) in [6.07, 6.45) is 0.193. The van der Waals surface area contributed by atoms with E-state index in [-0.39, 0.29) is 11.3 Å². The largest absolute Gasteiger partial charge is 0.496 e. The average Bonchev–Trinajstić information content (AvgIpc) is 3.26. The Bertz CT molecular complexity index is 1760. The summed E-state index contributed by atoms with van der Waals surface area (Å²) in [6, 6.07) is 26.9. The molecule has 0 fully saturated rings. The highest BCUT2D eigenvalue weighted by Crippen LogP contribution is 2.31. The molecule has 5 aromatic rings. The summed E-state index contributed by atoms with van der Waals surface area (Å²) in [5.74, 6) is 0.151. The standard InChI is InChI=1S/C31H31N3O4S/c1-4-34-28-13-9-8-12-25(28)26-20-23(14-16-29(26)34)32-31(35)27(19-22-10-6-5-7-11-22)33-39(36,37)24-15-17-30(38-3)21(2)18-24/h5-18,20,27,33H,4,19H2,1-3H3,(H,32,35)/t27-/m0/s1. The van der Waals surface area contributed by atoms with Gasteiger partial charge in [0, 0.05) is 34.0 Å². The molecule has 0 spiro atoms. The minimum atomic E-state index is -4.00. The van der Waals surface area contributed by atoms with Crippen LogP contribution in [0.5, 0.6) is 5.75 Å². The molecule has 1 atom stereocenters. The normalized spacial score (nSPS) is 12.5. The van der Waals surface area contributed by atoms with Crippen LogP contribution in [0.3, 0.4) is 0 Å². The van der Waals surface area contributed by atoms with Crippen molar-refractivity contribution in [3.8, 4) is 5.75 Å². The van der Waals surface area contributed by atoms with Gasteiger partial charge in [-0.25, -0.2) is 8.42 Å². The number of carbonyl (C=O) groups is 1. The number of nitrogens with one attached hydrogen (secondary N) is 2. The van der Waals surface area contributed by atoms with Crippen LogP contribution in [0, 0.1) is 6.92 Å². The molecule has 2 N–H and O–H groups in total. The summed E-state index contributed by atoms with van der Waals surface area (Å²) < 4.78 is 36.9. The predicted octanol–water partition coefficient (Wildman–Crippen LogP) is 5.66. The third kappa shape index (κ3) is 5.39. The molecule has 8 heteroatoms. The molecule has 0 unspecified atom stereocenters. The van der Waals surface area contributed by atoms with Crippen molar-refractivity contribution in [1.29, 1.82) is 0 Å². The second kappa shape index (κ2) is 10.9. The van der Waals surface area contributed by atoms with Crippen LogP contribution < -0.4 is 14.8 Å². The number of fused-ring (bicyclic) bond motifs is 3. The lowest BCUT2D eigenvalue weighted by molar-refractivity contribution is -0.117. The highest BCUT2D eigenvalue weighted by atomic mass is 32.2. The predicted molar refractivity (Wildman–Crippen MR) is 156 cm³/mol. The minimum Gasteiger partial charge on any atom is -0.496 e. The van der Waals surface area contributed by atoms with Crippen LogP contribution in [-0.2, 0) is 27.8 Å². The highest BCUT2D eigenvalue weighted by molar-refractivity contribution is 7.89. The molecule has 0 bridgehead atoms. The molecule has 0 aliphatic carbocycles. The number of hydrogen-bond donors (Lipinski definition) is 2. The van der Waals surface area contributed by atoms with Crippen molar-refractivity contribution < 1.29 is 17.9 Å². The molecule has 1 amide bonds. The van der Waals surface area contributed by atoms with E-state index in [2.05, 4.69) is 33.7 Å². The van der Waals surface area contributed by atoms with E-state index in [0.717, 1.165) is 33.9 Å².